The van der Waals surface area contributed by atoms with Crippen LogP contribution < -0.4 is 26.9 Å². The third-order valence-corrected chi connectivity index (χ3v) is 9.33. The van der Waals surface area contributed by atoms with Gasteiger partial charge in [0.1, 0.15) is 65.7 Å². The van der Waals surface area contributed by atoms with Crippen molar-refractivity contribution in [1.29, 1.82) is 0 Å². The molecule has 0 amide bonds. The van der Waals surface area contributed by atoms with Crippen molar-refractivity contribution in [1.82, 2.24) is 5.32 Å². The zero-order valence-electron chi connectivity index (χ0n) is 29.6. The van der Waals surface area contributed by atoms with Crippen molar-refractivity contribution in [2.45, 2.75) is 93.8 Å². The number of fused-ring (bicyclic) bond motifs is 1. The Bertz CT molecular complexity index is 1970. The van der Waals surface area contributed by atoms with E-state index in [4.69, 9.17) is 34.8 Å². The SMILES string of the molecule is CC1O[C@H](OCC2OC(Oc3c(-c4ccc(O)c(O)c4)oc4c(CN[C@H](CCCN=C(N)N)C(=O)O)c(O)cc(O)c4c3=O)C(O)C(O)C2O)C(O)C(O)C1O. The summed E-state index contributed by atoms with van der Waals surface area (Å²) >= 11 is 0. The number of guanidine groups is 1. The molecule has 0 aliphatic carbocycles. The summed E-state index contributed by atoms with van der Waals surface area (Å²) in [6.45, 7) is 0.402. The number of aliphatic hydroxyl groups excluding tert-OH is 6. The van der Waals surface area contributed by atoms with E-state index in [2.05, 4.69) is 10.3 Å². The summed E-state index contributed by atoms with van der Waals surface area (Å²) in [5, 5.41) is 117. The zero-order chi connectivity index (χ0) is 41.2. The topological polar surface area (TPSA) is 383 Å². The van der Waals surface area contributed by atoms with Crippen LogP contribution in [0, 0.1) is 0 Å². The van der Waals surface area contributed by atoms with E-state index in [9.17, 15) is 65.8 Å². The molecule has 2 aliphatic rings. The first-order valence-electron chi connectivity index (χ1n) is 17.2. The molecular weight excluding hydrogens is 752 g/mol. The number of aliphatic carboxylic acids is 1. The lowest BCUT2D eigenvalue weighted by atomic mass is 9.98. The molecule has 3 heterocycles. The highest BCUT2D eigenvalue weighted by atomic mass is 16.7. The molecule has 56 heavy (non-hydrogen) atoms. The highest BCUT2D eigenvalue weighted by Crippen LogP contribution is 2.41. The van der Waals surface area contributed by atoms with Crippen LogP contribution in [0.4, 0.5) is 0 Å². The first-order valence-corrected chi connectivity index (χ1v) is 17.2. The van der Waals surface area contributed by atoms with Gasteiger partial charge in [0.05, 0.1) is 18.3 Å². The number of rotatable bonds is 14. The van der Waals surface area contributed by atoms with Gasteiger partial charge in [-0.3, -0.25) is 14.6 Å². The Morgan fingerprint density at radius 2 is 1.55 bits per heavy atom. The first kappa shape index (κ1) is 42.1. The van der Waals surface area contributed by atoms with Crippen LogP contribution in [0.15, 0.2) is 38.5 Å². The molecule has 0 spiro atoms. The predicted molar refractivity (Wildman–Crippen MR) is 188 cm³/mol. The van der Waals surface area contributed by atoms with E-state index in [1.807, 2.05) is 0 Å². The van der Waals surface area contributed by atoms with Crippen molar-refractivity contribution in [2.24, 2.45) is 16.5 Å². The van der Waals surface area contributed by atoms with Gasteiger partial charge in [-0.2, -0.15) is 0 Å². The molecule has 3 aromatic rings. The van der Waals surface area contributed by atoms with E-state index in [-0.39, 0.29) is 36.5 Å². The van der Waals surface area contributed by atoms with E-state index in [1.165, 1.54) is 13.0 Å². The van der Waals surface area contributed by atoms with Crippen molar-refractivity contribution < 1.29 is 84.3 Å². The minimum atomic E-state index is -2.07. The van der Waals surface area contributed by atoms with Gasteiger partial charge in [0, 0.05) is 24.7 Å². The van der Waals surface area contributed by atoms with Crippen LogP contribution in [0.25, 0.3) is 22.3 Å². The number of carbonyl (C=O) groups is 1. The van der Waals surface area contributed by atoms with Gasteiger partial charge >= 0.3 is 5.97 Å². The smallest absolute Gasteiger partial charge is 0.320 e. The number of carboxylic acids is 1. The molecule has 11 atom stereocenters. The number of aliphatic imine (C=N–C) groups is 1. The normalized spacial score (nSPS) is 28.5. The molecule has 2 saturated heterocycles. The number of hydrogen-bond donors (Lipinski definition) is 14. The molecule has 5 rings (SSSR count). The Kier molecular flexibility index (Phi) is 13.1. The fraction of sp³-hybridized carbons (Fsp3) is 0.500. The molecule has 16 N–H and O–H groups in total. The highest BCUT2D eigenvalue weighted by molar-refractivity contribution is 5.91. The van der Waals surface area contributed by atoms with E-state index in [0.29, 0.717) is 0 Å². The molecule has 2 fully saturated rings. The molecule has 0 bridgehead atoms. The number of benzene rings is 2. The minimum absolute atomic E-state index is 0.0254. The second kappa shape index (κ2) is 17.4. The average molecular weight is 797 g/mol. The first-order chi connectivity index (χ1) is 26.4. The summed E-state index contributed by atoms with van der Waals surface area (Å²) in [7, 11) is 0. The largest absolute Gasteiger partial charge is 0.507 e. The molecular formula is C34H44N4O18. The lowest BCUT2D eigenvalue weighted by Crippen LogP contribution is -2.61. The fourth-order valence-corrected chi connectivity index (χ4v) is 6.15. The number of nitrogens with one attached hydrogen (secondary N) is 1. The van der Waals surface area contributed by atoms with Crippen LogP contribution in [-0.2, 0) is 25.5 Å². The Balaban J connectivity index is 1.51. The quantitative estimate of drug-likeness (QED) is 0.0333. The van der Waals surface area contributed by atoms with Gasteiger partial charge in [-0.05, 0) is 38.0 Å². The van der Waals surface area contributed by atoms with Gasteiger partial charge in [-0.25, -0.2) is 0 Å². The van der Waals surface area contributed by atoms with Gasteiger partial charge in [0.2, 0.25) is 17.5 Å². The van der Waals surface area contributed by atoms with Crippen molar-refractivity contribution >= 4 is 22.9 Å². The maximum Gasteiger partial charge on any atom is 0.320 e. The standard InChI is InChI=1S/C34H44N4O18/c1-11-21(43)24(46)26(48)32(53-11)52-10-19-22(44)25(47)27(49)33(54-19)56-30-23(45)20-18(42)8-16(40)13(9-38-14(31(50)51)3-2-6-37-34(35)36)29(20)55-28(30)12-4-5-15(39)17(41)7-12/h4-5,7-8,11,14,19,21-22,24-27,32-33,38-44,46-49H,2-3,6,9-10H2,1H3,(H,50,51)(H4,35,36,37)/t11?,14-,19?,21?,22?,24?,25?,26?,27?,32+,33?/m1/s1. The lowest BCUT2D eigenvalue weighted by molar-refractivity contribution is -0.318. The molecule has 0 radical (unpaired) electrons. The van der Waals surface area contributed by atoms with Crippen molar-refractivity contribution in [3.05, 3.63) is 40.1 Å². The summed E-state index contributed by atoms with van der Waals surface area (Å²) in [5.74, 6) is -5.53. The Morgan fingerprint density at radius 1 is 0.875 bits per heavy atom. The molecule has 9 unspecified atom stereocenters. The summed E-state index contributed by atoms with van der Waals surface area (Å²) in [4.78, 5) is 30.1. The number of ether oxygens (including phenoxy) is 4. The van der Waals surface area contributed by atoms with E-state index in [1.54, 1.807) is 0 Å². The van der Waals surface area contributed by atoms with E-state index in [0.717, 1.165) is 18.2 Å². The third-order valence-electron chi connectivity index (χ3n) is 9.33. The van der Waals surface area contributed by atoms with Gasteiger partial charge < -0.3 is 96.3 Å². The third kappa shape index (κ3) is 8.84. The van der Waals surface area contributed by atoms with Crippen LogP contribution in [0.3, 0.4) is 0 Å². The summed E-state index contributed by atoms with van der Waals surface area (Å²) < 4.78 is 28.4. The molecule has 1 aromatic heterocycles. The molecule has 2 aromatic carbocycles. The number of nitrogens with zero attached hydrogens (tertiary/aromatic N) is 1. The maximum atomic E-state index is 14.3. The minimum Gasteiger partial charge on any atom is -0.507 e. The van der Waals surface area contributed by atoms with Crippen molar-refractivity contribution in [2.75, 3.05) is 13.2 Å². The van der Waals surface area contributed by atoms with E-state index < -0.39 is 137 Å². The average Bonchev–Trinajstić information content (AvgIpc) is 3.14. The van der Waals surface area contributed by atoms with Gasteiger partial charge in [0.25, 0.3) is 0 Å². The molecule has 308 valence electrons. The second-order valence-corrected chi connectivity index (χ2v) is 13.3. The van der Waals surface area contributed by atoms with Crippen molar-refractivity contribution in [3.8, 4) is 40.1 Å². The van der Waals surface area contributed by atoms with Crippen molar-refractivity contribution in [3.63, 3.8) is 0 Å². The number of phenols is 4. The Morgan fingerprint density at radius 3 is 2.21 bits per heavy atom. The number of phenolic OH excluding ortho intramolecular Hbond substituents is 4. The summed E-state index contributed by atoms with van der Waals surface area (Å²) in [6, 6.07) is 2.74. The summed E-state index contributed by atoms with van der Waals surface area (Å²) in [6.07, 6.45) is -16.6. The van der Waals surface area contributed by atoms with Crippen LogP contribution in [-0.4, -0.2) is 149 Å². The van der Waals surface area contributed by atoms with Gasteiger partial charge in [-0.1, -0.05) is 0 Å². The summed E-state index contributed by atoms with van der Waals surface area (Å²) in [5.41, 5.74) is 8.64. The van der Waals surface area contributed by atoms with Crippen LogP contribution >= 0.6 is 0 Å². The Labute approximate surface area is 316 Å². The number of carboxylic acid groups (broad SMARTS) is 1. The van der Waals surface area contributed by atoms with Gasteiger partial charge in [0.15, 0.2) is 35.1 Å². The van der Waals surface area contributed by atoms with Crippen LogP contribution in [0.5, 0.6) is 28.7 Å². The highest BCUT2D eigenvalue weighted by Gasteiger charge is 2.48. The number of aliphatic hydroxyl groups is 6. The van der Waals surface area contributed by atoms with Crippen LogP contribution in [0.2, 0.25) is 0 Å². The predicted octanol–water partition coefficient (Wildman–Crippen LogP) is -3.09. The molecule has 0 saturated carbocycles. The number of hydrogen-bond acceptors (Lipinski definition) is 19. The monoisotopic (exact) mass is 796 g/mol. The number of nitrogens with two attached hydrogens (primary N) is 2. The number of aromatic hydroxyl groups is 4. The lowest BCUT2D eigenvalue weighted by Gasteiger charge is -2.42. The second-order valence-electron chi connectivity index (χ2n) is 13.3. The molecule has 2 aliphatic heterocycles. The van der Waals surface area contributed by atoms with Gasteiger partial charge in [-0.15, -0.1) is 0 Å². The van der Waals surface area contributed by atoms with Crippen LogP contribution in [0.1, 0.15) is 25.3 Å². The fourth-order valence-electron chi connectivity index (χ4n) is 6.15. The van der Waals surface area contributed by atoms with E-state index >= 15 is 0 Å². The Hall–Kier alpha value is -5.01. The molecule has 22 nitrogen and oxygen atoms in total. The maximum absolute atomic E-state index is 14.3. The molecule has 22 heteroatoms. The zero-order valence-corrected chi connectivity index (χ0v) is 29.6.